The number of amides is 2. The highest BCUT2D eigenvalue weighted by Gasteiger charge is 2.54. The van der Waals surface area contributed by atoms with E-state index in [2.05, 4.69) is 10.2 Å². The lowest BCUT2D eigenvalue weighted by Crippen LogP contribution is -2.52. The van der Waals surface area contributed by atoms with Crippen molar-refractivity contribution < 1.29 is 14.4 Å². The lowest BCUT2D eigenvalue weighted by Gasteiger charge is -2.27. The van der Waals surface area contributed by atoms with Gasteiger partial charge in [-0.2, -0.15) is 0 Å². The molecule has 2 aromatic carbocycles. The average Bonchev–Trinajstić information content (AvgIpc) is 3.38. The van der Waals surface area contributed by atoms with Gasteiger partial charge in [-0.25, -0.2) is 0 Å². The van der Waals surface area contributed by atoms with E-state index in [4.69, 9.17) is 5.73 Å². The zero-order chi connectivity index (χ0) is 20.4. The SMILES string of the molecule is NC(=O)C(=O)C(Cc1ccccc1)NC(=O)[C@@H]1CC2(CC2)CN1c1ccccc1. The number of anilines is 1. The van der Waals surface area contributed by atoms with Crippen molar-refractivity contribution in [3.63, 3.8) is 0 Å². The van der Waals surface area contributed by atoms with E-state index in [9.17, 15) is 14.4 Å². The molecule has 1 saturated carbocycles. The third kappa shape index (κ3) is 4.16. The summed E-state index contributed by atoms with van der Waals surface area (Å²) in [6, 6.07) is 17.8. The maximum atomic E-state index is 13.2. The molecule has 29 heavy (non-hydrogen) atoms. The first kappa shape index (κ1) is 19.2. The van der Waals surface area contributed by atoms with Crippen molar-refractivity contribution in [2.24, 2.45) is 11.1 Å². The maximum Gasteiger partial charge on any atom is 0.287 e. The molecule has 150 valence electrons. The van der Waals surface area contributed by atoms with E-state index in [1.165, 1.54) is 0 Å². The lowest BCUT2D eigenvalue weighted by atomic mass is 9.99. The molecule has 0 radical (unpaired) electrons. The molecule has 6 nitrogen and oxygen atoms in total. The summed E-state index contributed by atoms with van der Waals surface area (Å²) in [7, 11) is 0. The van der Waals surface area contributed by atoms with Crippen LogP contribution in [0, 0.1) is 5.41 Å². The molecule has 1 saturated heterocycles. The minimum absolute atomic E-state index is 0.195. The number of carbonyl (C=O) groups excluding carboxylic acids is 3. The Morgan fingerprint density at radius 3 is 2.24 bits per heavy atom. The normalized spacial score (nSPS) is 20.3. The minimum Gasteiger partial charge on any atom is -0.363 e. The number of carbonyl (C=O) groups is 3. The highest BCUT2D eigenvalue weighted by molar-refractivity contribution is 6.38. The number of para-hydroxylation sites is 1. The highest BCUT2D eigenvalue weighted by atomic mass is 16.2. The van der Waals surface area contributed by atoms with Crippen molar-refractivity contribution in [3.8, 4) is 0 Å². The van der Waals surface area contributed by atoms with Gasteiger partial charge in [-0.05, 0) is 42.4 Å². The van der Waals surface area contributed by atoms with Gasteiger partial charge < -0.3 is 16.0 Å². The molecule has 0 bridgehead atoms. The third-order valence-corrected chi connectivity index (χ3v) is 6.01. The first-order chi connectivity index (χ1) is 14.0. The zero-order valence-electron chi connectivity index (χ0n) is 16.2. The van der Waals surface area contributed by atoms with E-state index in [1.54, 1.807) is 0 Å². The minimum atomic E-state index is -1.03. The van der Waals surface area contributed by atoms with Gasteiger partial charge >= 0.3 is 0 Å². The van der Waals surface area contributed by atoms with Crippen LogP contribution in [0.1, 0.15) is 24.8 Å². The van der Waals surface area contributed by atoms with Gasteiger partial charge in [0.1, 0.15) is 12.1 Å². The predicted octanol–water partition coefficient (Wildman–Crippen LogP) is 1.83. The standard InChI is InChI=1S/C23H25N3O3/c24-21(28)20(27)18(13-16-7-3-1-4-8-16)25-22(29)19-14-23(11-12-23)15-26(19)17-9-5-2-6-10-17/h1-10,18-19H,11-15H2,(H2,24,28)(H,25,29)/t18?,19-/m0/s1. The Morgan fingerprint density at radius 2 is 1.66 bits per heavy atom. The molecule has 2 aromatic rings. The molecule has 1 heterocycles. The Morgan fingerprint density at radius 1 is 1.03 bits per heavy atom. The summed E-state index contributed by atoms with van der Waals surface area (Å²) in [6.45, 7) is 0.836. The molecule has 1 aliphatic carbocycles. The van der Waals surface area contributed by atoms with Crippen molar-refractivity contribution >= 4 is 23.3 Å². The molecule has 2 amide bonds. The monoisotopic (exact) mass is 391 g/mol. The molecular formula is C23H25N3O3. The Balaban J connectivity index is 1.54. The molecule has 3 N–H and O–H groups in total. The van der Waals surface area contributed by atoms with Crippen molar-refractivity contribution in [3.05, 3.63) is 66.2 Å². The molecule has 2 aliphatic rings. The van der Waals surface area contributed by atoms with Crippen LogP contribution in [0.15, 0.2) is 60.7 Å². The van der Waals surface area contributed by atoms with Crippen LogP contribution >= 0.6 is 0 Å². The number of nitrogens with one attached hydrogen (secondary N) is 1. The Bertz CT molecular complexity index is 909. The van der Waals surface area contributed by atoms with Crippen LogP contribution in [0.4, 0.5) is 5.69 Å². The van der Waals surface area contributed by atoms with E-state index in [1.807, 2.05) is 60.7 Å². The molecule has 4 rings (SSSR count). The first-order valence-corrected chi connectivity index (χ1v) is 9.97. The van der Waals surface area contributed by atoms with E-state index < -0.39 is 17.7 Å². The number of benzene rings is 2. The molecule has 6 heteroatoms. The van der Waals surface area contributed by atoms with Gasteiger partial charge in [0.05, 0.1) is 0 Å². The quantitative estimate of drug-likeness (QED) is 0.705. The summed E-state index contributed by atoms with van der Waals surface area (Å²) >= 11 is 0. The summed E-state index contributed by atoms with van der Waals surface area (Å²) in [5.41, 5.74) is 7.29. The maximum absolute atomic E-state index is 13.2. The van der Waals surface area contributed by atoms with E-state index in [0.29, 0.717) is 0 Å². The molecule has 2 atom stereocenters. The van der Waals surface area contributed by atoms with Crippen LogP contribution in [-0.2, 0) is 20.8 Å². The summed E-state index contributed by atoms with van der Waals surface area (Å²) in [6.07, 6.45) is 3.23. The fourth-order valence-corrected chi connectivity index (χ4v) is 4.22. The zero-order valence-corrected chi connectivity index (χ0v) is 16.2. The van der Waals surface area contributed by atoms with Crippen molar-refractivity contribution in [2.75, 3.05) is 11.4 Å². The lowest BCUT2D eigenvalue weighted by molar-refractivity contribution is -0.138. The fraction of sp³-hybridized carbons (Fsp3) is 0.348. The summed E-state index contributed by atoms with van der Waals surface area (Å²) in [5.74, 6) is -2.03. The Hall–Kier alpha value is -3.15. The van der Waals surface area contributed by atoms with Crippen molar-refractivity contribution in [2.45, 2.75) is 37.8 Å². The van der Waals surface area contributed by atoms with E-state index >= 15 is 0 Å². The number of rotatable bonds is 7. The number of primary amides is 1. The van der Waals surface area contributed by atoms with Gasteiger partial charge in [0.25, 0.3) is 5.91 Å². The first-order valence-electron chi connectivity index (χ1n) is 9.97. The van der Waals surface area contributed by atoms with Crippen LogP contribution in [-0.4, -0.2) is 36.2 Å². The summed E-state index contributed by atoms with van der Waals surface area (Å²) in [5, 5.41) is 2.82. The highest BCUT2D eigenvalue weighted by Crippen LogP contribution is 2.55. The Kier molecular flexibility index (Phi) is 5.09. The van der Waals surface area contributed by atoms with Crippen molar-refractivity contribution in [1.82, 2.24) is 5.32 Å². The largest absolute Gasteiger partial charge is 0.363 e. The molecule has 1 unspecified atom stereocenters. The van der Waals surface area contributed by atoms with Gasteiger partial charge in [0.15, 0.2) is 0 Å². The van der Waals surface area contributed by atoms with E-state index in [0.717, 1.165) is 37.1 Å². The molecule has 1 spiro atoms. The molecule has 1 aliphatic heterocycles. The van der Waals surface area contributed by atoms with Gasteiger partial charge in [-0.15, -0.1) is 0 Å². The van der Waals surface area contributed by atoms with Gasteiger partial charge in [-0.1, -0.05) is 48.5 Å². The Labute approximate surface area is 170 Å². The molecular weight excluding hydrogens is 366 g/mol. The van der Waals surface area contributed by atoms with Crippen LogP contribution in [0.5, 0.6) is 0 Å². The van der Waals surface area contributed by atoms with Crippen LogP contribution in [0.25, 0.3) is 0 Å². The second-order valence-corrected chi connectivity index (χ2v) is 8.16. The molecule has 0 aromatic heterocycles. The smallest absolute Gasteiger partial charge is 0.287 e. The van der Waals surface area contributed by atoms with Gasteiger partial charge in [0, 0.05) is 18.7 Å². The second kappa shape index (κ2) is 7.70. The van der Waals surface area contributed by atoms with Crippen molar-refractivity contribution in [1.29, 1.82) is 0 Å². The van der Waals surface area contributed by atoms with Gasteiger partial charge in [-0.3, -0.25) is 14.4 Å². The molecule has 2 fully saturated rings. The number of ketones is 1. The third-order valence-electron chi connectivity index (χ3n) is 6.01. The number of nitrogens with two attached hydrogens (primary N) is 1. The van der Waals surface area contributed by atoms with Crippen LogP contribution in [0.3, 0.4) is 0 Å². The second-order valence-electron chi connectivity index (χ2n) is 8.16. The number of nitrogens with zero attached hydrogens (tertiary/aromatic N) is 1. The fourth-order valence-electron chi connectivity index (χ4n) is 4.22. The number of Topliss-reactive ketones (excluding diaryl/α,β-unsaturated/α-hetero) is 1. The summed E-state index contributed by atoms with van der Waals surface area (Å²) < 4.78 is 0. The summed E-state index contributed by atoms with van der Waals surface area (Å²) in [4.78, 5) is 39.3. The van der Waals surface area contributed by atoms with Gasteiger partial charge in [0.2, 0.25) is 11.7 Å². The van der Waals surface area contributed by atoms with Crippen LogP contribution in [0.2, 0.25) is 0 Å². The number of hydrogen-bond acceptors (Lipinski definition) is 4. The van der Waals surface area contributed by atoms with Crippen LogP contribution < -0.4 is 16.0 Å². The number of hydrogen-bond donors (Lipinski definition) is 2. The topological polar surface area (TPSA) is 92.5 Å². The predicted molar refractivity (Wildman–Crippen MR) is 110 cm³/mol. The average molecular weight is 391 g/mol. The van der Waals surface area contributed by atoms with E-state index in [-0.39, 0.29) is 23.8 Å².